The van der Waals surface area contributed by atoms with E-state index in [2.05, 4.69) is 19.2 Å². The van der Waals surface area contributed by atoms with Crippen molar-refractivity contribution in [1.29, 1.82) is 0 Å². The molecule has 102 valence electrons. The number of nitrogens with one attached hydrogen (secondary N) is 1. The predicted octanol–water partition coefficient (Wildman–Crippen LogP) is 2.76. The van der Waals surface area contributed by atoms with E-state index in [1.54, 1.807) is 11.3 Å². The standard InChI is InChI=1S/C14H23NO2S/c1-4-11(6-7-16)9-15-14(17)13-8-10(3)12(5-2)18-13/h8,11,16H,4-7,9H2,1-3H3,(H,15,17). The molecule has 2 N–H and O–H groups in total. The molecule has 1 unspecified atom stereocenters. The van der Waals surface area contributed by atoms with Crippen molar-refractivity contribution in [2.45, 2.75) is 40.0 Å². The van der Waals surface area contributed by atoms with Crippen LogP contribution in [-0.2, 0) is 6.42 Å². The van der Waals surface area contributed by atoms with Crippen molar-refractivity contribution in [3.05, 3.63) is 21.4 Å². The number of hydrogen-bond acceptors (Lipinski definition) is 3. The summed E-state index contributed by atoms with van der Waals surface area (Å²) in [7, 11) is 0. The maximum atomic E-state index is 12.0. The van der Waals surface area contributed by atoms with Gasteiger partial charge in [0.05, 0.1) is 4.88 Å². The van der Waals surface area contributed by atoms with Gasteiger partial charge in [0, 0.05) is 18.0 Å². The van der Waals surface area contributed by atoms with Gasteiger partial charge in [-0.1, -0.05) is 20.3 Å². The maximum absolute atomic E-state index is 12.0. The first-order valence-electron chi connectivity index (χ1n) is 6.60. The zero-order valence-corrected chi connectivity index (χ0v) is 12.3. The van der Waals surface area contributed by atoms with E-state index in [0.717, 1.165) is 24.1 Å². The molecule has 3 nitrogen and oxygen atoms in total. The van der Waals surface area contributed by atoms with E-state index in [9.17, 15) is 4.79 Å². The van der Waals surface area contributed by atoms with Crippen molar-refractivity contribution in [3.8, 4) is 0 Å². The van der Waals surface area contributed by atoms with Crippen LogP contribution in [0.5, 0.6) is 0 Å². The summed E-state index contributed by atoms with van der Waals surface area (Å²) in [5.41, 5.74) is 1.20. The fourth-order valence-electron chi connectivity index (χ4n) is 1.94. The third kappa shape index (κ3) is 4.10. The first kappa shape index (κ1) is 15.2. The molecule has 1 rings (SSSR count). The van der Waals surface area contributed by atoms with Gasteiger partial charge in [0.2, 0.25) is 0 Å². The van der Waals surface area contributed by atoms with E-state index in [-0.39, 0.29) is 12.5 Å². The van der Waals surface area contributed by atoms with Crippen molar-refractivity contribution in [3.63, 3.8) is 0 Å². The highest BCUT2D eigenvalue weighted by molar-refractivity contribution is 7.14. The molecular formula is C14H23NO2S. The van der Waals surface area contributed by atoms with E-state index >= 15 is 0 Å². The Morgan fingerprint density at radius 3 is 2.72 bits per heavy atom. The van der Waals surface area contributed by atoms with E-state index in [4.69, 9.17) is 5.11 Å². The quantitative estimate of drug-likeness (QED) is 0.799. The molecule has 0 aliphatic carbocycles. The highest BCUT2D eigenvalue weighted by Gasteiger charge is 2.13. The Morgan fingerprint density at radius 2 is 2.22 bits per heavy atom. The van der Waals surface area contributed by atoms with Gasteiger partial charge in [-0.25, -0.2) is 0 Å². The average molecular weight is 269 g/mol. The monoisotopic (exact) mass is 269 g/mol. The number of aliphatic hydroxyl groups excluding tert-OH is 1. The molecule has 0 aromatic carbocycles. The van der Waals surface area contributed by atoms with Gasteiger partial charge in [-0.2, -0.15) is 0 Å². The SMILES string of the molecule is CCc1sc(C(=O)NCC(CC)CCO)cc1C. The third-order valence-corrected chi connectivity index (χ3v) is 4.61. The van der Waals surface area contributed by atoms with Gasteiger partial charge < -0.3 is 10.4 Å². The molecule has 0 saturated heterocycles. The van der Waals surface area contributed by atoms with E-state index < -0.39 is 0 Å². The lowest BCUT2D eigenvalue weighted by Crippen LogP contribution is -2.29. The minimum Gasteiger partial charge on any atom is -0.396 e. The molecular weight excluding hydrogens is 246 g/mol. The topological polar surface area (TPSA) is 49.3 Å². The van der Waals surface area contributed by atoms with Crippen LogP contribution in [0.25, 0.3) is 0 Å². The Labute approximate surface area is 113 Å². The smallest absolute Gasteiger partial charge is 0.261 e. The second-order valence-electron chi connectivity index (χ2n) is 4.57. The van der Waals surface area contributed by atoms with Crippen molar-refractivity contribution in [2.24, 2.45) is 5.92 Å². The number of amides is 1. The summed E-state index contributed by atoms with van der Waals surface area (Å²) in [6.07, 6.45) is 2.71. The van der Waals surface area contributed by atoms with E-state index in [0.29, 0.717) is 12.5 Å². The largest absolute Gasteiger partial charge is 0.396 e. The Balaban J connectivity index is 2.54. The Hall–Kier alpha value is -0.870. The van der Waals surface area contributed by atoms with Crippen LogP contribution < -0.4 is 5.32 Å². The summed E-state index contributed by atoms with van der Waals surface area (Å²) in [6.45, 7) is 7.07. The molecule has 0 spiro atoms. The van der Waals surface area contributed by atoms with Crippen LogP contribution in [0.3, 0.4) is 0 Å². The predicted molar refractivity (Wildman–Crippen MR) is 76.3 cm³/mol. The first-order valence-corrected chi connectivity index (χ1v) is 7.42. The molecule has 1 heterocycles. The molecule has 0 fully saturated rings. The zero-order chi connectivity index (χ0) is 13.5. The molecule has 4 heteroatoms. The van der Waals surface area contributed by atoms with Crippen LogP contribution >= 0.6 is 11.3 Å². The Kier molecular flexibility index (Phi) is 6.36. The highest BCUT2D eigenvalue weighted by atomic mass is 32.1. The summed E-state index contributed by atoms with van der Waals surface area (Å²) < 4.78 is 0. The van der Waals surface area contributed by atoms with Gasteiger partial charge in [0.15, 0.2) is 0 Å². The minimum atomic E-state index is 0.0131. The second kappa shape index (κ2) is 7.54. The van der Waals surface area contributed by atoms with Gasteiger partial charge in [-0.3, -0.25) is 4.79 Å². The van der Waals surface area contributed by atoms with Crippen LogP contribution in [0.15, 0.2) is 6.07 Å². The molecule has 0 saturated carbocycles. The molecule has 1 aromatic rings. The normalized spacial score (nSPS) is 12.4. The maximum Gasteiger partial charge on any atom is 0.261 e. The van der Waals surface area contributed by atoms with Gasteiger partial charge >= 0.3 is 0 Å². The lowest BCUT2D eigenvalue weighted by Gasteiger charge is -2.13. The number of aliphatic hydroxyl groups is 1. The number of aryl methyl sites for hydroxylation is 2. The third-order valence-electron chi connectivity index (χ3n) is 3.23. The summed E-state index contributed by atoms with van der Waals surface area (Å²) in [5, 5.41) is 11.9. The summed E-state index contributed by atoms with van der Waals surface area (Å²) >= 11 is 1.58. The van der Waals surface area contributed by atoms with Gasteiger partial charge in [-0.15, -0.1) is 11.3 Å². The van der Waals surface area contributed by atoms with Crippen LogP contribution in [0.2, 0.25) is 0 Å². The summed E-state index contributed by atoms with van der Waals surface area (Å²) in [5.74, 6) is 0.379. The molecule has 1 atom stereocenters. The van der Waals surface area contributed by atoms with Gasteiger partial charge in [0.25, 0.3) is 5.91 Å². The summed E-state index contributed by atoms with van der Waals surface area (Å²) in [6, 6.07) is 1.96. The Bertz CT molecular complexity index is 387. The molecule has 1 amide bonds. The minimum absolute atomic E-state index is 0.0131. The van der Waals surface area contributed by atoms with Crippen molar-refractivity contribution < 1.29 is 9.90 Å². The number of carbonyl (C=O) groups is 1. The molecule has 0 radical (unpaired) electrons. The zero-order valence-electron chi connectivity index (χ0n) is 11.5. The number of carbonyl (C=O) groups excluding carboxylic acids is 1. The number of rotatable bonds is 7. The van der Waals surface area contributed by atoms with E-state index in [1.807, 2.05) is 13.0 Å². The van der Waals surface area contributed by atoms with Crippen molar-refractivity contribution in [2.75, 3.05) is 13.2 Å². The van der Waals surface area contributed by atoms with Crippen molar-refractivity contribution in [1.82, 2.24) is 5.32 Å². The van der Waals surface area contributed by atoms with Gasteiger partial charge in [-0.05, 0) is 37.3 Å². The molecule has 0 aliphatic rings. The summed E-state index contributed by atoms with van der Waals surface area (Å²) in [4.78, 5) is 14.1. The van der Waals surface area contributed by atoms with Crippen LogP contribution in [0, 0.1) is 12.8 Å². The molecule has 0 bridgehead atoms. The Morgan fingerprint density at radius 1 is 1.50 bits per heavy atom. The molecule has 18 heavy (non-hydrogen) atoms. The first-order chi connectivity index (χ1) is 8.62. The average Bonchev–Trinajstić information content (AvgIpc) is 2.75. The highest BCUT2D eigenvalue weighted by Crippen LogP contribution is 2.22. The van der Waals surface area contributed by atoms with Crippen LogP contribution in [0.1, 0.15) is 46.8 Å². The second-order valence-corrected chi connectivity index (χ2v) is 5.70. The van der Waals surface area contributed by atoms with Crippen LogP contribution in [0.4, 0.5) is 0 Å². The number of thiophene rings is 1. The van der Waals surface area contributed by atoms with Gasteiger partial charge in [0.1, 0.15) is 0 Å². The lowest BCUT2D eigenvalue weighted by atomic mass is 10.0. The van der Waals surface area contributed by atoms with Crippen molar-refractivity contribution >= 4 is 17.2 Å². The molecule has 1 aromatic heterocycles. The van der Waals surface area contributed by atoms with E-state index in [1.165, 1.54) is 10.4 Å². The molecule has 0 aliphatic heterocycles. The van der Waals surface area contributed by atoms with Crippen LogP contribution in [-0.4, -0.2) is 24.2 Å². The number of hydrogen-bond donors (Lipinski definition) is 2. The fourth-order valence-corrected chi connectivity index (χ4v) is 2.97. The fraction of sp³-hybridized carbons (Fsp3) is 0.643. The lowest BCUT2D eigenvalue weighted by molar-refractivity contribution is 0.0947.